The molecule has 0 aliphatic carbocycles. The van der Waals surface area contributed by atoms with Crippen molar-refractivity contribution in [3.05, 3.63) is 28.2 Å². The Morgan fingerprint density at radius 2 is 2.17 bits per heavy atom. The Hall–Kier alpha value is -0.540. The van der Waals surface area contributed by atoms with Gasteiger partial charge in [-0.25, -0.2) is 0 Å². The number of anilines is 1. The topological polar surface area (TPSA) is 15.3 Å². The molecule has 1 aliphatic rings. The minimum Gasteiger partial charge on any atom is -0.365 e. The van der Waals surface area contributed by atoms with Gasteiger partial charge in [-0.15, -0.1) is 0 Å². The normalized spacial score (nSPS) is 23.2. The van der Waals surface area contributed by atoms with Crippen LogP contribution in [0.15, 0.2) is 22.7 Å². The third kappa shape index (κ3) is 2.89. The highest BCUT2D eigenvalue weighted by Crippen LogP contribution is 2.32. The summed E-state index contributed by atoms with van der Waals surface area (Å²) in [4.78, 5) is 2.55. The molecule has 1 N–H and O–H groups in total. The van der Waals surface area contributed by atoms with Crippen LogP contribution in [-0.2, 0) is 0 Å². The van der Waals surface area contributed by atoms with Crippen molar-refractivity contribution in [2.24, 2.45) is 0 Å². The van der Waals surface area contributed by atoms with E-state index in [-0.39, 0.29) is 5.54 Å². The summed E-state index contributed by atoms with van der Waals surface area (Å²) in [6, 6.07) is 7.18. The number of hydrogen-bond acceptors (Lipinski definition) is 2. The summed E-state index contributed by atoms with van der Waals surface area (Å²) in [6.45, 7) is 11.1. The van der Waals surface area contributed by atoms with Crippen LogP contribution in [0.2, 0.25) is 0 Å². The van der Waals surface area contributed by atoms with Gasteiger partial charge < -0.3 is 10.2 Å². The standard InChI is InChI=1S/C15H23BrN2/c1-5-12-9-17-15(3,4)10-18(12)14-8-11(2)6-7-13(14)16/h6-8,12,17H,5,9-10H2,1-4H3. The second-order valence-corrected chi connectivity index (χ2v) is 6.76. The summed E-state index contributed by atoms with van der Waals surface area (Å²) in [5.41, 5.74) is 2.82. The molecule has 1 unspecified atom stereocenters. The minimum atomic E-state index is 0.175. The summed E-state index contributed by atoms with van der Waals surface area (Å²) < 4.78 is 1.20. The maximum absolute atomic E-state index is 3.70. The van der Waals surface area contributed by atoms with Gasteiger partial charge in [0.2, 0.25) is 0 Å². The Morgan fingerprint density at radius 3 is 2.83 bits per heavy atom. The van der Waals surface area contributed by atoms with Gasteiger partial charge in [0.25, 0.3) is 0 Å². The number of rotatable bonds is 2. The first kappa shape index (κ1) is 13.9. The summed E-state index contributed by atoms with van der Waals surface area (Å²) in [6.07, 6.45) is 1.17. The molecule has 1 aromatic rings. The highest BCUT2D eigenvalue weighted by atomic mass is 79.9. The zero-order valence-electron chi connectivity index (χ0n) is 11.8. The fraction of sp³-hybridized carbons (Fsp3) is 0.600. The molecule has 2 nitrogen and oxygen atoms in total. The van der Waals surface area contributed by atoms with Crippen molar-refractivity contribution < 1.29 is 0 Å². The molecule has 1 saturated heterocycles. The van der Waals surface area contributed by atoms with Crippen molar-refractivity contribution in [3.8, 4) is 0 Å². The van der Waals surface area contributed by atoms with Crippen LogP contribution < -0.4 is 10.2 Å². The predicted molar refractivity (Wildman–Crippen MR) is 82.4 cm³/mol. The first-order valence-corrected chi connectivity index (χ1v) is 7.50. The van der Waals surface area contributed by atoms with Crippen LogP contribution in [0.25, 0.3) is 0 Å². The molecule has 1 heterocycles. The maximum atomic E-state index is 3.70. The third-order valence-corrected chi connectivity index (χ3v) is 4.38. The third-order valence-electron chi connectivity index (χ3n) is 3.70. The van der Waals surface area contributed by atoms with E-state index in [1.807, 2.05) is 0 Å². The molecule has 1 fully saturated rings. The number of aryl methyl sites for hydroxylation is 1. The van der Waals surface area contributed by atoms with Crippen LogP contribution >= 0.6 is 15.9 Å². The van der Waals surface area contributed by atoms with E-state index in [0.29, 0.717) is 6.04 Å². The number of halogens is 1. The summed E-state index contributed by atoms with van der Waals surface area (Å²) in [7, 11) is 0. The molecule has 3 heteroatoms. The van der Waals surface area contributed by atoms with Crippen LogP contribution in [-0.4, -0.2) is 24.7 Å². The highest BCUT2D eigenvalue weighted by Gasteiger charge is 2.32. The van der Waals surface area contributed by atoms with Gasteiger partial charge in [0.05, 0.1) is 5.69 Å². The van der Waals surface area contributed by atoms with Crippen molar-refractivity contribution in [2.45, 2.75) is 45.7 Å². The van der Waals surface area contributed by atoms with Gasteiger partial charge in [-0.05, 0) is 60.8 Å². The maximum Gasteiger partial charge on any atom is 0.0516 e. The molecule has 0 spiro atoms. The van der Waals surface area contributed by atoms with Gasteiger partial charge in [0.1, 0.15) is 0 Å². The van der Waals surface area contributed by atoms with Gasteiger partial charge in [-0.2, -0.15) is 0 Å². The zero-order chi connectivity index (χ0) is 13.3. The van der Waals surface area contributed by atoms with Gasteiger partial charge in [-0.1, -0.05) is 13.0 Å². The molecular formula is C15H23BrN2. The molecule has 0 saturated carbocycles. The molecule has 18 heavy (non-hydrogen) atoms. The molecule has 0 aromatic heterocycles. The lowest BCUT2D eigenvalue weighted by atomic mass is 9.96. The van der Waals surface area contributed by atoms with Crippen molar-refractivity contribution >= 4 is 21.6 Å². The Labute approximate surface area is 119 Å². The molecule has 0 amide bonds. The van der Waals surface area contributed by atoms with Crippen LogP contribution in [0, 0.1) is 6.92 Å². The van der Waals surface area contributed by atoms with Crippen molar-refractivity contribution in [2.75, 3.05) is 18.0 Å². The summed E-state index contributed by atoms with van der Waals surface area (Å²) >= 11 is 3.70. The Balaban J connectivity index is 2.35. The van der Waals surface area contributed by atoms with Gasteiger partial charge >= 0.3 is 0 Å². The Morgan fingerprint density at radius 1 is 1.44 bits per heavy atom. The second kappa shape index (κ2) is 5.22. The average Bonchev–Trinajstić information content (AvgIpc) is 2.31. The molecular weight excluding hydrogens is 288 g/mol. The lowest BCUT2D eigenvalue weighted by Gasteiger charge is -2.46. The Bertz CT molecular complexity index is 429. The molecule has 2 rings (SSSR count). The van der Waals surface area contributed by atoms with E-state index in [1.165, 1.54) is 22.1 Å². The lowest BCUT2D eigenvalue weighted by Crippen LogP contribution is -2.61. The molecule has 0 bridgehead atoms. The fourth-order valence-electron chi connectivity index (χ4n) is 2.60. The van der Waals surface area contributed by atoms with E-state index in [1.54, 1.807) is 0 Å². The van der Waals surface area contributed by atoms with E-state index in [4.69, 9.17) is 0 Å². The van der Waals surface area contributed by atoms with Crippen LogP contribution in [0.1, 0.15) is 32.8 Å². The average molecular weight is 311 g/mol. The van der Waals surface area contributed by atoms with E-state index in [9.17, 15) is 0 Å². The highest BCUT2D eigenvalue weighted by molar-refractivity contribution is 9.10. The van der Waals surface area contributed by atoms with Crippen molar-refractivity contribution in [1.29, 1.82) is 0 Å². The lowest BCUT2D eigenvalue weighted by molar-refractivity contribution is 0.306. The van der Waals surface area contributed by atoms with E-state index in [0.717, 1.165) is 13.1 Å². The van der Waals surface area contributed by atoms with Gasteiger partial charge in [0.15, 0.2) is 0 Å². The molecule has 1 aromatic carbocycles. The fourth-order valence-corrected chi connectivity index (χ4v) is 3.08. The largest absolute Gasteiger partial charge is 0.365 e. The quantitative estimate of drug-likeness (QED) is 0.895. The summed E-state index contributed by atoms with van der Waals surface area (Å²) in [5, 5.41) is 3.64. The van der Waals surface area contributed by atoms with Gasteiger partial charge in [-0.3, -0.25) is 0 Å². The van der Waals surface area contributed by atoms with E-state index < -0.39 is 0 Å². The predicted octanol–water partition coefficient (Wildman–Crippen LogP) is 3.72. The number of hydrogen-bond donors (Lipinski definition) is 1. The van der Waals surface area contributed by atoms with Crippen LogP contribution in [0.4, 0.5) is 5.69 Å². The van der Waals surface area contributed by atoms with Crippen LogP contribution in [0.3, 0.4) is 0 Å². The van der Waals surface area contributed by atoms with Crippen LogP contribution in [0.5, 0.6) is 0 Å². The minimum absolute atomic E-state index is 0.175. The second-order valence-electron chi connectivity index (χ2n) is 5.91. The smallest absolute Gasteiger partial charge is 0.0516 e. The zero-order valence-corrected chi connectivity index (χ0v) is 13.3. The number of nitrogens with one attached hydrogen (secondary N) is 1. The first-order valence-electron chi connectivity index (χ1n) is 6.71. The van der Waals surface area contributed by atoms with Crippen molar-refractivity contribution in [1.82, 2.24) is 5.32 Å². The molecule has 100 valence electrons. The SMILES string of the molecule is CCC1CNC(C)(C)CN1c1cc(C)ccc1Br. The number of benzene rings is 1. The first-order chi connectivity index (χ1) is 8.43. The van der Waals surface area contributed by atoms with Crippen molar-refractivity contribution in [3.63, 3.8) is 0 Å². The summed E-state index contributed by atoms with van der Waals surface area (Å²) in [5.74, 6) is 0. The van der Waals surface area contributed by atoms with E-state index in [2.05, 4.69) is 72.0 Å². The number of nitrogens with zero attached hydrogens (tertiary/aromatic N) is 1. The van der Waals surface area contributed by atoms with Gasteiger partial charge in [0, 0.05) is 29.1 Å². The Kier molecular flexibility index (Phi) is 4.02. The number of piperazine rings is 1. The molecule has 1 aliphatic heterocycles. The van der Waals surface area contributed by atoms with E-state index >= 15 is 0 Å². The molecule has 0 radical (unpaired) electrons. The monoisotopic (exact) mass is 310 g/mol. The molecule has 1 atom stereocenters.